The van der Waals surface area contributed by atoms with Gasteiger partial charge in [0.15, 0.2) is 0 Å². The van der Waals surface area contributed by atoms with E-state index in [1.54, 1.807) is 6.92 Å². The average molecular weight is 333 g/mol. The molecule has 11 nitrogen and oxygen atoms in total. The first-order valence-corrected chi connectivity index (χ1v) is 6.38. The molecular weight excluding hydrogens is 314 g/mol. The number of carboxylic acids is 3. The summed E-state index contributed by atoms with van der Waals surface area (Å²) in [5.41, 5.74) is 10.6. The molecule has 130 valence electrons. The van der Waals surface area contributed by atoms with Crippen LogP contribution in [0.15, 0.2) is 4.52 Å². The molecule has 1 aromatic rings. The molecule has 8 N–H and O–H groups in total. The molecule has 1 heterocycles. The van der Waals surface area contributed by atoms with Gasteiger partial charge in [-0.2, -0.15) is 0 Å². The van der Waals surface area contributed by atoms with Crippen LogP contribution in [0.3, 0.4) is 0 Å². The lowest BCUT2D eigenvalue weighted by molar-refractivity contribution is -0.140. The zero-order chi connectivity index (χ0) is 18.2. The fourth-order valence-corrected chi connectivity index (χ4v) is 1.32. The largest absolute Gasteiger partial charge is 0.491 e. The van der Waals surface area contributed by atoms with Gasteiger partial charge in [0.2, 0.25) is 0 Å². The molecule has 2 unspecified atom stereocenters. The fraction of sp³-hybridized carbons (Fsp3) is 0.500. The summed E-state index contributed by atoms with van der Waals surface area (Å²) in [7, 11) is 0. The van der Waals surface area contributed by atoms with Gasteiger partial charge in [-0.1, -0.05) is 0 Å². The summed E-state index contributed by atoms with van der Waals surface area (Å²) in [6, 6.07) is -2.11. The van der Waals surface area contributed by atoms with E-state index in [0.29, 0.717) is 11.3 Å². The number of aromatic nitrogens is 1. The van der Waals surface area contributed by atoms with Crippen molar-refractivity contribution in [3.63, 3.8) is 0 Å². The number of nitrogens with zero attached hydrogens (tertiary/aromatic N) is 1. The van der Waals surface area contributed by atoms with E-state index in [9.17, 15) is 14.4 Å². The maximum atomic E-state index is 10.4. The smallest absolute Gasteiger partial charge is 0.320 e. The first kappa shape index (κ1) is 20.3. The second-order valence-corrected chi connectivity index (χ2v) is 4.57. The third kappa shape index (κ3) is 7.78. The van der Waals surface area contributed by atoms with Crippen LogP contribution in [0, 0.1) is 6.92 Å². The molecule has 2 atom stereocenters. The van der Waals surface area contributed by atoms with Gasteiger partial charge in [0.1, 0.15) is 17.8 Å². The molecule has 0 aliphatic carbocycles. The molecule has 0 aromatic carbocycles. The Morgan fingerprint density at radius 1 is 1.13 bits per heavy atom. The van der Waals surface area contributed by atoms with Crippen LogP contribution in [-0.4, -0.2) is 55.6 Å². The highest BCUT2D eigenvalue weighted by Gasteiger charge is 2.19. The lowest BCUT2D eigenvalue weighted by Gasteiger charge is -2.03. The van der Waals surface area contributed by atoms with E-state index in [2.05, 4.69) is 9.68 Å². The molecule has 0 amide bonds. The maximum absolute atomic E-state index is 10.4. The third-order valence-corrected chi connectivity index (χ3v) is 2.69. The Balaban J connectivity index is 0.000000438. The lowest BCUT2D eigenvalue weighted by atomic mass is 10.1. The number of hydrogen-bond donors (Lipinski definition) is 6. The van der Waals surface area contributed by atoms with E-state index < -0.39 is 30.0 Å². The second-order valence-electron chi connectivity index (χ2n) is 4.57. The lowest BCUT2D eigenvalue weighted by Crippen LogP contribution is -2.32. The third-order valence-electron chi connectivity index (χ3n) is 2.69. The van der Waals surface area contributed by atoms with Crippen LogP contribution in [0.5, 0.6) is 5.88 Å². The van der Waals surface area contributed by atoms with Crippen molar-refractivity contribution in [2.45, 2.75) is 38.3 Å². The standard InChI is InChI=1S/C7H10N2O4.C5H9NO4/c1-3-4(6(10)9-13-3)2-5(8)7(11)12;6-3(5(9)10)1-2-4(7)8/h5H,2,8H2,1H3,(H,9,10)(H,11,12);3H,1-2,6H2,(H,7,8)(H,9,10). The summed E-state index contributed by atoms with van der Waals surface area (Å²) in [6.45, 7) is 1.58. The molecule has 23 heavy (non-hydrogen) atoms. The molecule has 1 aromatic heterocycles. The van der Waals surface area contributed by atoms with Crippen LogP contribution in [0.2, 0.25) is 0 Å². The van der Waals surface area contributed by atoms with Gasteiger partial charge in [-0.3, -0.25) is 14.4 Å². The van der Waals surface area contributed by atoms with E-state index in [4.69, 9.17) is 31.9 Å². The number of aromatic hydroxyl groups is 1. The number of aryl methyl sites for hydroxylation is 1. The Hall–Kier alpha value is -2.66. The molecule has 0 radical (unpaired) electrons. The van der Waals surface area contributed by atoms with Crippen molar-refractivity contribution >= 4 is 17.9 Å². The summed E-state index contributed by atoms with van der Waals surface area (Å²) in [5, 5.41) is 37.1. The number of hydrogen-bond acceptors (Lipinski definition) is 8. The van der Waals surface area contributed by atoms with Gasteiger partial charge >= 0.3 is 17.9 Å². The Kier molecular flexibility index (Phi) is 8.29. The molecule has 0 bridgehead atoms. The highest BCUT2D eigenvalue weighted by Crippen LogP contribution is 2.20. The van der Waals surface area contributed by atoms with Crippen molar-refractivity contribution < 1.29 is 39.3 Å². The van der Waals surface area contributed by atoms with E-state index in [1.165, 1.54) is 0 Å². The summed E-state index contributed by atoms with van der Waals surface area (Å²) >= 11 is 0. The normalized spacial score (nSPS) is 12.7. The zero-order valence-corrected chi connectivity index (χ0v) is 12.3. The second kappa shape index (κ2) is 9.38. The van der Waals surface area contributed by atoms with E-state index in [0.717, 1.165) is 0 Å². The summed E-state index contributed by atoms with van der Waals surface area (Å²) in [4.78, 5) is 30.3. The number of carbonyl (C=O) groups is 3. The predicted molar refractivity (Wildman–Crippen MR) is 74.7 cm³/mol. The van der Waals surface area contributed by atoms with Crippen LogP contribution in [0.1, 0.15) is 24.2 Å². The first-order chi connectivity index (χ1) is 10.6. The monoisotopic (exact) mass is 333 g/mol. The van der Waals surface area contributed by atoms with Crippen LogP contribution in [0.25, 0.3) is 0 Å². The Labute approximate surface area is 130 Å². The molecule has 11 heteroatoms. The average Bonchev–Trinajstić information content (AvgIpc) is 2.76. The summed E-state index contributed by atoms with van der Waals surface area (Å²) in [5.74, 6) is -3.23. The minimum absolute atomic E-state index is 0.0104. The number of nitrogens with two attached hydrogens (primary N) is 2. The summed E-state index contributed by atoms with van der Waals surface area (Å²) in [6.07, 6.45) is -0.214. The van der Waals surface area contributed by atoms with Crippen LogP contribution in [0.4, 0.5) is 0 Å². The zero-order valence-electron chi connectivity index (χ0n) is 12.3. The molecule has 0 aliphatic rings. The van der Waals surface area contributed by atoms with E-state index in [1.807, 2.05) is 0 Å². The molecular formula is C12H19N3O8. The van der Waals surface area contributed by atoms with Gasteiger partial charge in [0.25, 0.3) is 5.88 Å². The molecule has 0 saturated heterocycles. The number of rotatable bonds is 7. The maximum Gasteiger partial charge on any atom is 0.320 e. The van der Waals surface area contributed by atoms with E-state index in [-0.39, 0.29) is 25.1 Å². The minimum atomic E-state index is -1.17. The van der Waals surface area contributed by atoms with Crippen molar-refractivity contribution in [3.8, 4) is 5.88 Å². The SMILES string of the molecule is Cc1onc(O)c1CC(N)C(=O)O.NC(CCC(=O)O)C(=O)O. The van der Waals surface area contributed by atoms with Gasteiger partial charge in [-0.05, 0) is 18.5 Å². The molecule has 0 spiro atoms. The predicted octanol–water partition coefficient (Wildman–Crippen LogP) is -1.09. The van der Waals surface area contributed by atoms with Gasteiger partial charge in [-0.25, -0.2) is 0 Å². The Bertz CT molecular complexity index is 537. The van der Waals surface area contributed by atoms with E-state index >= 15 is 0 Å². The first-order valence-electron chi connectivity index (χ1n) is 6.38. The van der Waals surface area contributed by atoms with Crippen molar-refractivity contribution in [3.05, 3.63) is 11.3 Å². The van der Waals surface area contributed by atoms with Crippen molar-refractivity contribution in [1.29, 1.82) is 0 Å². The van der Waals surface area contributed by atoms with Crippen LogP contribution < -0.4 is 11.5 Å². The van der Waals surface area contributed by atoms with Crippen molar-refractivity contribution in [2.75, 3.05) is 0 Å². The molecule has 0 aliphatic heterocycles. The van der Waals surface area contributed by atoms with Crippen molar-refractivity contribution in [2.24, 2.45) is 11.5 Å². The highest BCUT2D eigenvalue weighted by molar-refractivity contribution is 5.74. The molecule has 1 rings (SSSR count). The molecule has 0 saturated carbocycles. The van der Waals surface area contributed by atoms with Gasteiger partial charge in [-0.15, -0.1) is 0 Å². The number of carboxylic acid groups (broad SMARTS) is 3. The highest BCUT2D eigenvalue weighted by atomic mass is 16.5. The van der Waals surface area contributed by atoms with Gasteiger partial charge < -0.3 is 36.4 Å². The quantitative estimate of drug-likeness (QED) is 0.352. The summed E-state index contributed by atoms with van der Waals surface area (Å²) < 4.78 is 4.63. The van der Waals surface area contributed by atoms with Crippen molar-refractivity contribution in [1.82, 2.24) is 5.16 Å². The number of aliphatic carboxylic acids is 3. The van der Waals surface area contributed by atoms with Crippen LogP contribution >= 0.6 is 0 Å². The Morgan fingerprint density at radius 2 is 1.65 bits per heavy atom. The minimum Gasteiger partial charge on any atom is -0.491 e. The fourth-order valence-electron chi connectivity index (χ4n) is 1.32. The topological polar surface area (TPSA) is 210 Å². The van der Waals surface area contributed by atoms with Gasteiger partial charge in [0.05, 0.1) is 5.56 Å². The molecule has 0 fully saturated rings. The van der Waals surface area contributed by atoms with Crippen LogP contribution in [-0.2, 0) is 20.8 Å². The Morgan fingerprint density at radius 3 is 2.00 bits per heavy atom. The van der Waals surface area contributed by atoms with Gasteiger partial charge in [0, 0.05) is 12.8 Å².